The van der Waals surface area contributed by atoms with Gasteiger partial charge >= 0.3 is 0 Å². The van der Waals surface area contributed by atoms with Crippen LogP contribution >= 0.6 is 0 Å². The fourth-order valence-corrected chi connectivity index (χ4v) is 3.41. The zero-order valence-corrected chi connectivity index (χ0v) is 12.9. The maximum atomic E-state index is 12.2. The van der Waals surface area contributed by atoms with Crippen LogP contribution in [0.5, 0.6) is 0 Å². The van der Waals surface area contributed by atoms with Crippen molar-refractivity contribution in [2.24, 2.45) is 0 Å². The van der Waals surface area contributed by atoms with E-state index < -0.39 is 5.60 Å². The zero-order valence-electron chi connectivity index (χ0n) is 12.9. The molecule has 116 valence electrons. The van der Waals surface area contributed by atoms with Gasteiger partial charge in [0.05, 0.1) is 5.60 Å². The molecule has 0 aliphatic carbocycles. The lowest BCUT2D eigenvalue weighted by Gasteiger charge is -2.39. The third kappa shape index (κ3) is 4.45. The van der Waals surface area contributed by atoms with E-state index in [9.17, 15) is 9.90 Å². The van der Waals surface area contributed by atoms with Crippen molar-refractivity contribution in [3.63, 3.8) is 0 Å². The number of likely N-dealkylation sites (tertiary alicyclic amines) is 2. The maximum absolute atomic E-state index is 12.2. The first kappa shape index (κ1) is 15.8. The predicted molar refractivity (Wildman–Crippen MR) is 80.6 cm³/mol. The van der Waals surface area contributed by atoms with Crippen LogP contribution in [0.2, 0.25) is 0 Å². The summed E-state index contributed by atoms with van der Waals surface area (Å²) < 4.78 is 0. The zero-order chi connectivity index (χ0) is 14.4. The molecule has 1 N–H and O–H groups in total. The Hall–Kier alpha value is -0.610. The highest BCUT2D eigenvalue weighted by Crippen LogP contribution is 2.24. The molecule has 1 unspecified atom stereocenters. The minimum Gasteiger partial charge on any atom is -0.388 e. The van der Waals surface area contributed by atoms with Crippen LogP contribution in [-0.2, 0) is 4.79 Å². The van der Waals surface area contributed by atoms with Gasteiger partial charge in [0.15, 0.2) is 0 Å². The van der Waals surface area contributed by atoms with Crippen molar-refractivity contribution in [1.82, 2.24) is 9.80 Å². The second-order valence-electron chi connectivity index (χ2n) is 6.50. The van der Waals surface area contributed by atoms with Crippen molar-refractivity contribution in [3.8, 4) is 0 Å². The molecule has 0 aromatic heterocycles. The largest absolute Gasteiger partial charge is 0.388 e. The SMILES string of the molecule is CCC1(O)CCCN(C(=O)CCCN2CCCCC2)C1. The second kappa shape index (κ2) is 7.41. The normalized spacial score (nSPS) is 28.6. The summed E-state index contributed by atoms with van der Waals surface area (Å²) in [6.07, 6.45) is 8.08. The van der Waals surface area contributed by atoms with Crippen LogP contribution in [0, 0.1) is 0 Å². The second-order valence-corrected chi connectivity index (χ2v) is 6.50. The van der Waals surface area contributed by atoms with E-state index in [-0.39, 0.29) is 5.91 Å². The highest BCUT2D eigenvalue weighted by atomic mass is 16.3. The molecule has 2 rings (SSSR count). The number of aliphatic hydroxyl groups is 1. The Kier molecular flexibility index (Phi) is 5.85. The van der Waals surface area contributed by atoms with E-state index >= 15 is 0 Å². The van der Waals surface area contributed by atoms with Crippen molar-refractivity contribution in [3.05, 3.63) is 0 Å². The molecule has 0 aromatic carbocycles. The van der Waals surface area contributed by atoms with Gasteiger partial charge in [-0.15, -0.1) is 0 Å². The summed E-state index contributed by atoms with van der Waals surface area (Å²) in [5, 5.41) is 10.3. The van der Waals surface area contributed by atoms with Gasteiger partial charge < -0.3 is 14.9 Å². The molecular formula is C16H30N2O2. The highest BCUT2D eigenvalue weighted by Gasteiger charge is 2.33. The summed E-state index contributed by atoms with van der Waals surface area (Å²) in [5.41, 5.74) is -0.638. The first-order valence-electron chi connectivity index (χ1n) is 8.35. The van der Waals surface area contributed by atoms with E-state index in [1.54, 1.807) is 0 Å². The van der Waals surface area contributed by atoms with Gasteiger partial charge in [0, 0.05) is 19.5 Å². The molecule has 2 aliphatic heterocycles. The fraction of sp³-hybridized carbons (Fsp3) is 0.938. The summed E-state index contributed by atoms with van der Waals surface area (Å²) in [6, 6.07) is 0. The van der Waals surface area contributed by atoms with E-state index in [1.165, 1.54) is 32.4 Å². The third-order valence-electron chi connectivity index (χ3n) is 4.88. The van der Waals surface area contributed by atoms with Gasteiger partial charge in [-0.25, -0.2) is 0 Å². The molecule has 4 nitrogen and oxygen atoms in total. The molecule has 0 spiro atoms. The van der Waals surface area contributed by atoms with Gasteiger partial charge in [0.1, 0.15) is 0 Å². The third-order valence-corrected chi connectivity index (χ3v) is 4.88. The Bertz CT molecular complexity index is 316. The van der Waals surface area contributed by atoms with E-state index in [0.717, 1.165) is 38.8 Å². The number of nitrogens with zero attached hydrogens (tertiary/aromatic N) is 2. The van der Waals surface area contributed by atoms with Crippen LogP contribution in [0.25, 0.3) is 0 Å². The molecule has 4 heteroatoms. The van der Waals surface area contributed by atoms with Crippen molar-refractivity contribution < 1.29 is 9.90 Å². The number of carbonyl (C=O) groups excluding carboxylic acids is 1. The summed E-state index contributed by atoms with van der Waals surface area (Å²) >= 11 is 0. The molecule has 2 aliphatic rings. The van der Waals surface area contributed by atoms with E-state index in [0.29, 0.717) is 13.0 Å². The van der Waals surface area contributed by atoms with Crippen molar-refractivity contribution in [2.75, 3.05) is 32.7 Å². The molecular weight excluding hydrogens is 252 g/mol. The Morgan fingerprint density at radius 1 is 1.15 bits per heavy atom. The summed E-state index contributed by atoms with van der Waals surface area (Å²) in [5.74, 6) is 0.230. The first-order valence-corrected chi connectivity index (χ1v) is 8.35. The van der Waals surface area contributed by atoms with Crippen LogP contribution in [-0.4, -0.2) is 59.1 Å². The maximum Gasteiger partial charge on any atom is 0.222 e. The van der Waals surface area contributed by atoms with Crippen LogP contribution in [0.4, 0.5) is 0 Å². The van der Waals surface area contributed by atoms with Crippen molar-refractivity contribution in [1.29, 1.82) is 0 Å². The average molecular weight is 282 g/mol. The molecule has 2 saturated heterocycles. The predicted octanol–water partition coefficient (Wildman–Crippen LogP) is 2.02. The molecule has 1 atom stereocenters. The molecule has 20 heavy (non-hydrogen) atoms. The Morgan fingerprint density at radius 3 is 2.60 bits per heavy atom. The van der Waals surface area contributed by atoms with Crippen LogP contribution < -0.4 is 0 Å². The summed E-state index contributed by atoms with van der Waals surface area (Å²) in [4.78, 5) is 16.6. The molecule has 0 radical (unpaired) electrons. The molecule has 0 bridgehead atoms. The van der Waals surface area contributed by atoms with Crippen LogP contribution in [0.3, 0.4) is 0 Å². The highest BCUT2D eigenvalue weighted by molar-refractivity contribution is 5.76. The molecule has 2 heterocycles. The molecule has 0 aromatic rings. The number of hydrogen-bond donors (Lipinski definition) is 1. The van der Waals surface area contributed by atoms with Gasteiger partial charge in [-0.1, -0.05) is 13.3 Å². The quantitative estimate of drug-likeness (QED) is 0.839. The lowest BCUT2D eigenvalue weighted by Crippen LogP contribution is -2.50. The molecule has 0 saturated carbocycles. The number of piperidine rings is 2. The average Bonchev–Trinajstić information content (AvgIpc) is 2.48. The first-order chi connectivity index (χ1) is 9.63. The van der Waals surface area contributed by atoms with Crippen molar-refractivity contribution >= 4 is 5.91 Å². The lowest BCUT2D eigenvalue weighted by atomic mass is 9.90. The minimum absolute atomic E-state index is 0.230. The minimum atomic E-state index is -0.638. The number of β-amino-alcohol motifs (C(OH)–C–C–N with tert-alkyl or cyclic N) is 1. The monoisotopic (exact) mass is 282 g/mol. The van der Waals surface area contributed by atoms with Gasteiger partial charge in [0.2, 0.25) is 5.91 Å². The molecule has 1 amide bonds. The van der Waals surface area contributed by atoms with Gasteiger partial charge in [0.25, 0.3) is 0 Å². The Labute approximate surface area is 123 Å². The standard InChI is InChI=1S/C16H30N2O2/c1-2-16(20)9-7-13-18(14-16)15(19)8-6-12-17-10-4-3-5-11-17/h20H,2-14H2,1H3. The van der Waals surface area contributed by atoms with E-state index in [2.05, 4.69) is 4.90 Å². The molecule has 2 fully saturated rings. The van der Waals surface area contributed by atoms with Crippen LogP contribution in [0.1, 0.15) is 58.3 Å². The smallest absolute Gasteiger partial charge is 0.222 e. The number of rotatable bonds is 5. The Balaban J connectivity index is 1.68. The van der Waals surface area contributed by atoms with Crippen LogP contribution in [0.15, 0.2) is 0 Å². The van der Waals surface area contributed by atoms with Gasteiger partial charge in [-0.05, 0) is 58.2 Å². The van der Waals surface area contributed by atoms with E-state index in [1.807, 2.05) is 11.8 Å². The van der Waals surface area contributed by atoms with Crippen molar-refractivity contribution in [2.45, 2.75) is 63.9 Å². The number of carbonyl (C=O) groups is 1. The summed E-state index contributed by atoms with van der Waals surface area (Å²) in [7, 11) is 0. The fourth-order valence-electron chi connectivity index (χ4n) is 3.41. The summed E-state index contributed by atoms with van der Waals surface area (Å²) in [6.45, 7) is 6.82. The van der Waals surface area contributed by atoms with Gasteiger partial charge in [-0.3, -0.25) is 4.79 Å². The topological polar surface area (TPSA) is 43.8 Å². The van der Waals surface area contributed by atoms with E-state index in [4.69, 9.17) is 0 Å². The van der Waals surface area contributed by atoms with Gasteiger partial charge in [-0.2, -0.15) is 0 Å². The number of hydrogen-bond acceptors (Lipinski definition) is 3. The lowest BCUT2D eigenvalue weighted by molar-refractivity contribution is -0.138. The Morgan fingerprint density at radius 2 is 1.90 bits per heavy atom. The number of amides is 1.